The Labute approximate surface area is 103 Å². The van der Waals surface area contributed by atoms with Gasteiger partial charge in [-0.15, -0.1) is 0 Å². The molecule has 0 saturated heterocycles. The van der Waals surface area contributed by atoms with Crippen LogP contribution in [0, 0.1) is 23.0 Å². The molecule has 1 aromatic carbocycles. The fourth-order valence-electron chi connectivity index (χ4n) is 1.14. The highest BCUT2D eigenvalue weighted by Crippen LogP contribution is 2.15. The Hall–Kier alpha value is -2.48. The summed E-state index contributed by atoms with van der Waals surface area (Å²) in [5.74, 6) is -3.09. The third kappa shape index (κ3) is 3.25. The van der Waals surface area contributed by atoms with Crippen LogP contribution >= 0.6 is 0 Å². The number of ether oxygens (including phenoxy) is 1. The molecule has 0 atom stereocenters. The maximum absolute atomic E-state index is 13.3. The number of hydrogen-bond donors (Lipinski definition) is 0. The van der Waals surface area contributed by atoms with E-state index in [9.17, 15) is 13.6 Å². The van der Waals surface area contributed by atoms with Crippen LogP contribution in [0.25, 0.3) is 6.08 Å². The molecule has 1 rings (SSSR count). The number of hydrogen-bond acceptors (Lipinski definition) is 3. The topological polar surface area (TPSA) is 50.1 Å². The van der Waals surface area contributed by atoms with E-state index in [1.807, 2.05) is 0 Å². The molecule has 0 aliphatic carbocycles. The van der Waals surface area contributed by atoms with Gasteiger partial charge in [-0.05, 0) is 12.1 Å². The number of esters is 1. The van der Waals surface area contributed by atoms with E-state index in [1.54, 1.807) is 6.07 Å². The Morgan fingerprint density at radius 3 is 2.83 bits per heavy atom. The third-order valence-corrected chi connectivity index (χ3v) is 1.95. The van der Waals surface area contributed by atoms with Crippen molar-refractivity contribution >= 4 is 12.0 Å². The number of carbonyl (C=O) groups is 1. The standard InChI is InChI=1S/C13H9F2NO2/c1-2-6-18-13(17)10(8-16)7-9-4-3-5-11(14)12(9)15/h2-5,7H,1,6H2. The first-order valence-electron chi connectivity index (χ1n) is 4.94. The molecule has 0 saturated carbocycles. The van der Waals surface area contributed by atoms with Crippen molar-refractivity contribution in [3.63, 3.8) is 0 Å². The van der Waals surface area contributed by atoms with Gasteiger partial charge in [-0.3, -0.25) is 0 Å². The first-order chi connectivity index (χ1) is 8.60. The zero-order valence-corrected chi connectivity index (χ0v) is 9.32. The number of rotatable bonds is 4. The maximum atomic E-state index is 13.3. The molecule has 0 amide bonds. The van der Waals surface area contributed by atoms with Crippen molar-refractivity contribution in [1.82, 2.24) is 0 Å². The van der Waals surface area contributed by atoms with Crippen molar-refractivity contribution in [2.45, 2.75) is 0 Å². The molecule has 0 aliphatic rings. The molecule has 18 heavy (non-hydrogen) atoms. The van der Waals surface area contributed by atoms with Gasteiger partial charge in [-0.2, -0.15) is 5.26 Å². The van der Waals surface area contributed by atoms with Gasteiger partial charge in [0.25, 0.3) is 0 Å². The van der Waals surface area contributed by atoms with Gasteiger partial charge < -0.3 is 4.74 Å². The summed E-state index contributed by atoms with van der Waals surface area (Å²) in [7, 11) is 0. The normalized spacial score (nSPS) is 10.6. The largest absolute Gasteiger partial charge is 0.457 e. The first kappa shape index (κ1) is 13.6. The van der Waals surface area contributed by atoms with E-state index in [1.165, 1.54) is 18.2 Å². The Balaban J connectivity index is 3.05. The molecule has 0 N–H and O–H groups in total. The molecule has 0 radical (unpaired) electrons. The minimum absolute atomic E-state index is 0.0660. The van der Waals surface area contributed by atoms with E-state index in [0.717, 1.165) is 12.1 Å². The van der Waals surface area contributed by atoms with Gasteiger partial charge in [0.05, 0.1) is 0 Å². The first-order valence-corrected chi connectivity index (χ1v) is 4.94. The lowest BCUT2D eigenvalue weighted by Gasteiger charge is -2.01. The van der Waals surface area contributed by atoms with Gasteiger partial charge in [0.1, 0.15) is 18.2 Å². The van der Waals surface area contributed by atoms with Crippen LogP contribution in [0.3, 0.4) is 0 Å². The number of benzene rings is 1. The Morgan fingerprint density at radius 2 is 2.22 bits per heavy atom. The van der Waals surface area contributed by atoms with Crippen molar-refractivity contribution < 1.29 is 18.3 Å². The molecule has 0 aliphatic heterocycles. The second-order valence-electron chi connectivity index (χ2n) is 3.20. The lowest BCUT2D eigenvalue weighted by Crippen LogP contribution is -2.06. The van der Waals surface area contributed by atoms with Gasteiger partial charge in [-0.25, -0.2) is 13.6 Å². The van der Waals surface area contributed by atoms with Crippen LogP contribution in [0.1, 0.15) is 5.56 Å². The van der Waals surface area contributed by atoms with Gasteiger partial charge in [-0.1, -0.05) is 24.8 Å². The highest BCUT2D eigenvalue weighted by molar-refractivity contribution is 5.97. The van der Waals surface area contributed by atoms with Crippen molar-refractivity contribution in [3.05, 3.63) is 53.6 Å². The lowest BCUT2D eigenvalue weighted by molar-refractivity contribution is -0.137. The molecular formula is C13H9F2NO2. The minimum Gasteiger partial charge on any atom is -0.457 e. The molecular weight excluding hydrogens is 240 g/mol. The van der Waals surface area contributed by atoms with E-state index in [2.05, 4.69) is 11.3 Å². The average Bonchev–Trinajstić information content (AvgIpc) is 2.37. The molecule has 5 heteroatoms. The summed E-state index contributed by atoms with van der Waals surface area (Å²) in [6, 6.07) is 5.03. The molecule has 0 unspecified atom stereocenters. The van der Waals surface area contributed by atoms with Crippen molar-refractivity contribution in [2.75, 3.05) is 6.61 Å². The quantitative estimate of drug-likeness (QED) is 0.356. The zero-order chi connectivity index (χ0) is 13.5. The molecule has 0 aromatic heterocycles. The van der Waals surface area contributed by atoms with Gasteiger partial charge >= 0.3 is 5.97 Å². The fourth-order valence-corrected chi connectivity index (χ4v) is 1.14. The minimum atomic E-state index is -1.12. The fraction of sp³-hybridized carbons (Fsp3) is 0.0769. The summed E-state index contributed by atoms with van der Waals surface area (Å²) >= 11 is 0. The van der Waals surface area contributed by atoms with E-state index in [4.69, 9.17) is 5.26 Å². The highest BCUT2D eigenvalue weighted by atomic mass is 19.2. The van der Waals surface area contributed by atoms with Crippen LogP contribution in [-0.2, 0) is 9.53 Å². The SMILES string of the molecule is C=CCOC(=O)C(C#N)=Cc1cccc(F)c1F. The summed E-state index contributed by atoms with van der Waals surface area (Å²) in [4.78, 5) is 11.4. The zero-order valence-electron chi connectivity index (χ0n) is 9.32. The van der Waals surface area contributed by atoms with Gasteiger partial charge in [0.15, 0.2) is 11.6 Å². The summed E-state index contributed by atoms with van der Waals surface area (Å²) in [5.41, 5.74) is -0.608. The Kier molecular flexibility index (Phi) is 4.76. The molecule has 0 fully saturated rings. The van der Waals surface area contributed by atoms with E-state index in [0.29, 0.717) is 0 Å². The predicted molar refractivity (Wildman–Crippen MR) is 61.1 cm³/mol. The summed E-state index contributed by atoms with van der Waals surface area (Å²) in [6.07, 6.45) is 2.26. The van der Waals surface area contributed by atoms with Crippen molar-refractivity contribution in [2.24, 2.45) is 0 Å². The third-order valence-electron chi connectivity index (χ3n) is 1.95. The van der Waals surface area contributed by atoms with Crippen LogP contribution in [0.5, 0.6) is 0 Å². The number of nitriles is 1. The van der Waals surface area contributed by atoms with Crippen molar-refractivity contribution in [1.29, 1.82) is 5.26 Å². The Morgan fingerprint density at radius 1 is 1.50 bits per heavy atom. The van der Waals surface area contributed by atoms with E-state index in [-0.39, 0.29) is 12.2 Å². The molecule has 0 spiro atoms. The molecule has 0 heterocycles. The predicted octanol–water partition coefficient (Wildman–Crippen LogP) is 2.60. The number of carbonyl (C=O) groups excluding carboxylic acids is 1. The summed E-state index contributed by atoms with van der Waals surface area (Å²) in [6.45, 7) is 3.27. The molecule has 0 bridgehead atoms. The van der Waals surface area contributed by atoms with Gasteiger partial charge in [0, 0.05) is 5.56 Å². The van der Waals surface area contributed by atoms with Crippen LogP contribution in [0.2, 0.25) is 0 Å². The monoisotopic (exact) mass is 249 g/mol. The smallest absolute Gasteiger partial charge is 0.349 e. The van der Waals surface area contributed by atoms with E-state index < -0.39 is 23.2 Å². The summed E-state index contributed by atoms with van der Waals surface area (Å²) in [5, 5.41) is 8.76. The highest BCUT2D eigenvalue weighted by Gasteiger charge is 2.12. The van der Waals surface area contributed by atoms with Crippen LogP contribution < -0.4 is 0 Å². The van der Waals surface area contributed by atoms with Crippen LogP contribution in [-0.4, -0.2) is 12.6 Å². The summed E-state index contributed by atoms with van der Waals surface area (Å²) < 4.78 is 30.9. The van der Waals surface area contributed by atoms with Crippen molar-refractivity contribution in [3.8, 4) is 6.07 Å². The second-order valence-corrected chi connectivity index (χ2v) is 3.20. The average molecular weight is 249 g/mol. The second kappa shape index (κ2) is 6.30. The Bertz CT molecular complexity index is 544. The lowest BCUT2D eigenvalue weighted by atomic mass is 10.1. The molecule has 1 aromatic rings. The number of nitrogens with zero attached hydrogens (tertiary/aromatic N) is 1. The van der Waals surface area contributed by atoms with Crippen LogP contribution in [0.15, 0.2) is 36.4 Å². The molecule has 92 valence electrons. The maximum Gasteiger partial charge on any atom is 0.349 e. The van der Waals surface area contributed by atoms with E-state index >= 15 is 0 Å². The van der Waals surface area contributed by atoms with Gasteiger partial charge in [0.2, 0.25) is 0 Å². The number of halogens is 2. The molecule has 3 nitrogen and oxygen atoms in total. The van der Waals surface area contributed by atoms with Crippen LogP contribution in [0.4, 0.5) is 8.78 Å².